The van der Waals surface area contributed by atoms with E-state index in [-0.39, 0.29) is 22.9 Å². The van der Waals surface area contributed by atoms with Gasteiger partial charge in [-0.2, -0.15) is 0 Å². The molecule has 6 heteroatoms. The summed E-state index contributed by atoms with van der Waals surface area (Å²) in [5.41, 5.74) is 1.43. The number of ether oxygens (including phenoxy) is 1. The monoisotopic (exact) mass is 445 g/mol. The number of halogens is 1. The third-order valence-corrected chi connectivity index (χ3v) is 5.28. The van der Waals surface area contributed by atoms with Gasteiger partial charge in [-0.1, -0.05) is 31.9 Å². The van der Waals surface area contributed by atoms with Crippen molar-refractivity contribution >= 4 is 28.3 Å². The standard InChI is InChI=1S/C27H24FNO4/c1-2-3-6-17-32-21-15-11-19(12-16-21)27(31)29-24-22-7-4-5-8-23(22)33-26(24)25(30)18-9-13-20(28)14-10-18/h4-5,7-16H,2-3,6,17H2,1H3,(H,29,31). The van der Waals surface area contributed by atoms with Crippen molar-refractivity contribution < 1.29 is 23.1 Å². The van der Waals surface area contributed by atoms with Crippen LogP contribution < -0.4 is 10.1 Å². The summed E-state index contributed by atoms with van der Waals surface area (Å²) in [5, 5.41) is 3.43. The molecule has 4 rings (SSSR count). The molecule has 0 bridgehead atoms. The van der Waals surface area contributed by atoms with Gasteiger partial charge >= 0.3 is 0 Å². The second kappa shape index (κ2) is 10.1. The maximum absolute atomic E-state index is 13.3. The Bertz CT molecular complexity index is 1260. The smallest absolute Gasteiger partial charge is 0.255 e. The minimum Gasteiger partial charge on any atom is -0.494 e. The largest absolute Gasteiger partial charge is 0.494 e. The molecule has 0 saturated carbocycles. The molecule has 4 aromatic rings. The van der Waals surface area contributed by atoms with E-state index < -0.39 is 11.6 Å². The second-order valence-electron chi connectivity index (χ2n) is 7.67. The Morgan fingerprint density at radius 2 is 1.61 bits per heavy atom. The number of nitrogens with one attached hydrogen (secondary N) is 1. The average molecular weight is 445 g/mol. The number of carbonyl (C=O) groups excluding carboxylic acids is 2. The van der Waals surface area contributed by atoms with E-state index in [1.807, 2.05) is 0 Å². The van der Waals surface area contributed by atoms with Crippen LogP contribution >= 0.6 is 0 Å². The highest BCUT2D eigenvalue weighted by Gasteiger charge is 2.23. The number of hydrogen-bond donors (Lipinski definition) is 1. The number of fused-ring (bicyclic) bond motifs is 1. The number of furan rings is 1. The molecule has 5 nitrogen and oxygen atoms in total. The Hall–Kier alpha value is -3.93. The number of para-hydroxylation sites is 1. The van der Waals surface area contributed by atoms with Gasteiger partial charge in [0.05, 0.1) is 12.3 Å². The second-order valence-corrected chi connectivity index (χ2v) is 7.67. The fourth-order valence-electron chi connectivity index (χ4n) is 3.49. The van der Waals surface area contributed by atoms with E-state index in [4.69, 9.17) is 9.15 Å². The minimum atomic E-state index is -0.447. The topological polar surface area (TPSA) is 68.5 Å². The quantitative estimate of drug-likeness (QED) is 0.232. The predicted octanol–water partition coefficient (Wildman–Crippen LogP) is 6.62. The zero-order chi connectivity index (χ0) is 23.2. The van der Waals surface area contributed by atoms with Crippen molar-refractivity contribution in [1.29, 1.82) is 0 Å². The molecule has 1 heterocycles. The van der Waals surface area contributed by atoms with Gasteiger partial charge in [0.2, 0.25) is 5.78 Å². The molecule has 1 aromatic heterocycles. The molecule has 33 heavy (non-hydrogen) atoms. The summed E-state index contributed by atoms with van der Waals surface area (Å²) in [4.78, 5) is 26.0. The Kier molecular flexibility index (Phi) is 6.83. The van der Waals surface area contributed by atoms with E-state index in [1.165, 1.54) is 24.3 Å². The van der Waals surface area contributed by atoms with E-state index in [1.54, 1.807) is 48.5 Å². The molecule has 1 N–H and O–H groups in total. The van der Waals surface area contributed by atoms with Crippen LogP contribution in [-0.2, 0) is 0 Å². The molecule has 0 radical (unpaired) electrons. The third-order valence-electron chi connectivity index (χ3n) is 5.28. The van der Waals surface area contributed by atoms with Gasteiger partial charge < -0.3 is 14.5 Å². The lowest BCUT2D eigenvalue weighted by molar-refractivity contribution is 0.101. The molecule has 1 amide bonds. The Morgan fingerprint density at radius 3 is 2.33 bits per heavy atom. The zero-order valence-corrected chi connectivity index (χ0v) is 18.3. The van der Waals surface area contributed by atoms with Gasteiger partial charge in [-0.3, -0.25) is 9.59 Å². The average Bonchev–Trinajstić information content (AvgIpc) is 3.20. The summed E-state index contributed by atoms with van der Waals surface area (Å²) in [6.45, 7) is 2.77. The van der Waals surface area contributed by atoms with Gasteiger partial charge in [0.25, 0.3) is 5.91 Å². The maximum Gasteiger partial charge on any atom is 0.255 e. The first-order valence-corrected chi connectivity index (χ1v) is 10.9. The molecular formula is C27H24FNO4. The van der Waals surface area contributed by atoms with Crippen LogP contribution in [0.4, 0.5) is 10.1 Å². The molecule has 0 unspecified atom stereocenters. The van der Waals surface area contributed by atoms with Crippen LogP contribution in [0.2, 0.25) is 0 Å². The van der Waals surface area contributed by atoms with Gasteiger partial charge in [0, 0.05) is 16.5 Å². The lowest BCUT2D eigenvalue weighted by Gasteiger charge is -2.08. The molecule has 0 spiro atoms. The first kappa shape index (κ1) is 22.3. The Morgan fingerprint density at radius 1 is 0.909 bits per heavy atom. The van der Waals surface area contributed by atoms with Crippen LogP contribution in [0, 0.1) is 5.82 Å². The number of ketones is 1. The van der Waals surface area contributed by atoms with E-state index in [0.717, 1.165) is 19.3 Å². The number of rotatable bonds is 9. The van der Waals surface area contributed by atoms with Crippen molar-refractivity contribution in [3.8, 4) is 5.75 Å². The van der Waals surface area contributed by atoms with Crippen LogP contribution in [0.5, 0.6) is 5.75 Å². The van der Waals surface area contributed by atoms with E-state index in [9.17, 15) is 14.0 Å². The first-order valence-electron chi connectivity index (χ1n) is 10.9. The molecule has 168 valence electrons. The van der Waals surface area contributed by atoms with Gasteiger partial charge in [-0.15, -0.1) is 0 Å². The molecule has 0 saturated heterocycles. The highest BCUT2D eigenvalue weighted by atomic mass is 19.1. The summed E-state index contributed by atoms with van der Waals surface area (Å²) < 4.78 is 24.8. The van der Waals surface area contributed by atoms with Crippen molar-refractivity contribution in [1.82, 2.24) is 0 Å². The molecule has 0 atom stereocenters. The normalized spacial score (nSPS) is 10.8. The summed E-state index contributed by atoms with van der Waals surface area (Å²) in [6, 6.07) is 19.1. The molecule has 0 aliphatic heterocycles. The number of hydrogen-bond acceptors (Lipinski definition) is 4. The molecule has 0 aliphatic carbocycles. The third kappa shape index (κ3) is 5.12. The molecule has 0 aliphatic rings. The van der Waals surface area contributed by atoms with Crippen LogP contribution in [-0.4, -0.2) is 18.3 Å². The fourth-order valence-corrected chi connectivity index (χ4v) is 3.49. The predicted molar refractivity (Wildman–Crippen MR) is 125 cm³/mol. The SMILES string of the molecule is CCCCCOc1ccc(C(=O)Nc2c(C(=O)c3ccc(F)cc3)oc3ccccc23)cc1. The number of carbonyl (C=O) groups is 2. The highest BCUT2D eigenvalue weighted by Crippen LogP contribution is 2.33. The fraction of sp³-hybridized carbons (Fsp3) is 0.185. The summed E-state index contributed by atoms with van der Waals surface area (Å²) in [6.07, 6.45) is 3.21. The van der Waals surface area contributed by atoms with Crippen LogP contribution in [0.15, 0.2) is 77.2 Å². The van der Waals surface area contributed by atoms with Gasteiger partial charge in [-0.05, 0) is 67.1 Å². The molecule has 0 fully saturated rings. The van der Waals surface area contributed by atoms with E-state index >= 15 is 0 Å². The van der Waals surface area contributed by atoms with Crippen molar-refractivity contribution in [2.45, 2.75) is 26.2 Å². The highest BCUT2D eigenvalue weighted by molar-refractivity contribution is 6.18. The molecule has 3 aromatic carbocycles. The van der Waals surface area contributed by atoms with Crippen molar-refractivity contribution in [3.05, 3.63) is 95.5 Å². The van der Waals surface area contributed by atoms with Crippen LogP contribution in [0.1, 0.15) is 52.7 Å². The lowest BCUT2D eigenvalue weighted by atomic mass is 10.1. The Balaban J connectivity index is 1.57. The lowest BCUT2D eigenvalue weighted by Crippen LogP contribution is -2.14. The number of amides is 1. The van der Waals surface area contributed by atoms with Crippen molar-refractivity contribution in [2.75, 3.05) is 11.9 Å². The summed E-state index contributed by atoms with van der Waals surface area (Å²) in [7, 11) is 0. The maximum atomic E-state index is 13.3. The number of anilines is 1. The van der Waals surface area contributed by atoms with Gasteiger partial charge in [0.1, 0.15) is 17.1 Å². The van der Waals surface area contributed by atoms with Crippen LogP contribution in [0.25, 0.3) is 11.0 Å². The zero-order valence-electron chi connectivity index (χ0n) is 18.3. The number of unbranched alkanes of at least 4 members (excludes halogenated alkanes) is 2. The van der Waals surface area contributed by atoms with Gasteiger partial charge in [-0.25, -0.2) is 4.39 Å². The van der Waals surface area contributed by atoms with E-state index in [0.29, 0.717) is 28.9 Å². The van der Waals surface area contributed by atoms with Gasteiger partial charge in [0.15, 0.2) is 5.76 Å². The number of benzene rings is 3. The summed E-state index contributed by atoms with van der Waals surface area (Å²) in [5.74, 6) is -0.581. The van der Waals surface area contributed by atoms with Crippen molar-refractivity contribution in [3.63, 3.8) is 0 Å². The van der Waals surface area contributed by atoms with E-state index in [2.05, 4.69) is 12.2 Å². The Labute approximate surface area is 191 Å². The summed E-state index contributed by atoms with van der Waals surface area (Å²) >= 11 is 0. The van der Waals surface area contributed by atoms with Crippen LogP contribution in [0.3, 0.4) is 0 Å². The first-order chi connectivity index (χ1) is 16.1. The van der Waals surface area contributed by atoms with Crippen molar-refractivity contribution in [2.24, 2.45) is 0 Å². The minimum absolute atomic E-state index is 0.00737. The molecular weight excluding hydrogens is 421 g/mol.